The molecule has 5 rings (SSSR count). The minimum absolute atomic E-state index is 0.0289. The molecule has 1 atom stereocenters. The number of pyridine rings is 1. The molecular weight excluding hydrogens is 340 g/mol. The highest BCUT2D eigenvalue weighted by Gasteiger charge is 2.50. The van der Waals surface area contributed by atoms with E-state index >= 15 is 0 Å². The lowest BCUT2D eigenvalue weighted by molar-refractivity contribution is -0.150. The van der Waals surface area contributed by atoms with Gasteiger partial charge in [-0.25, -0.2) is 9.97 Å². The molecule has 0 aliphatic carbocycles. The van der Waals surface area contributed by atoms with Crippen molar-refractivity contribution >= 4 is 22.7 Å². The maximum absolute atomic E-state index is 12.6. The number of nitrogens with zero attached hydrogens (tertiary/aromatic N) is 4. The first-order chi connectivity index (χ1) is 13.2. The van der Waals surface area contributed by atoms with Crippen molar-refractivity contribution in [3.63, 3.8) is 0 Å². The number of carbonyl (C=O) groups excluding carboxylic acids is 1. The van der Waals surface area contributed by atoms with Crippen LogP contribution in [0.4, 0.5) is 5.82 Å². The molecule has 4 heterocycles. The fraction of sp³-hybridized carbons (Fsp3) is 0.381. The minimum atomic E-state index is -0.335. The zero-order valence-electron chi connectivity index (χ0n) is 15.1. The number of ether oxygens (including phenoxy) is 1. The van der Waals surface area contributed by atoms with Crippen LogP contribution in [0.5, 0.6) is 0 Å². The first-order valence-corrected chi connectivity index (χ1v) is 9.49. The van der Waals surface area contributed by atoms with Crippen LogP contribution in [0.25, 0.3) is 10.9 Å². The standard InChI is InChI=1S/C21H22N4O2/c26-20-21(13-17(27-20)14-24-12-9-22-15-24)7-10-25(11-8-21)19-6-5-16-3-1-2-4-18(16)23-19/h1-6,9,12,15,17H,7-8,10-11,13-14H2. The molecule has 6 heteroatoms. The Balaban J connectivity index is 1.28. The van der Waals surface area contributed by atoms with Crippen LogP contribution < -0.4 is 4.90 Å². The zero-order valence-corrected chi connectivity index (χ0v) is 15.1. The highest BCUT2D eigenvalue weighted by atomic mass is 16.6. The van der Waals surface area contributed by atoms with E-state index < -0.39 is 0 Å². The number of fused-ring (bicyclic) bond motifs is 1. The maximum atomic E-state index is 12.6. The van der Waals surface area contributed by atoms with Gasteiger partial charge in [0.15, 0.2) is 0 Å². The lowest BCUT2D eigenvalue weighted by Gasteiger charge is -2.37. The zero-order chi connectivity index (χ0) is 18.3. The molecule has 27 heavy (non-hydrogen) atoms. The highest BCUT2D eigenvalue weighted by molar-refractivity contribution is 5.81. The molecule has 2 aliphatic rings. The number of benzene rings is 1. The number of imidazole rings is 1. The van der Waals surface area contributed by atoms with Gasteiger partial charge in [-0.15, -0.1) is 0 Å². The van der Waals surface area contributed by atoms with Crippen molar-refractivity contribution < 1.29 is 9.53 Å². The van der Waals surface area contributed by atoms with Crippen LogP contribution in [0.3, 0.4) is 0 Å². The van der Waals surface area contributed by atoms with Crippen molar-refractivity contribution in [2.24, 2.45) is 5.41 Å². The Morgan fingerprint density at radius 1 is 1.15 bits per heavy atom. The van der Waals surface area contributed by atoms with Crippen molar-refractivity contribution in [3.8, 4) is 0 Å². The second-order valence-corrected chi connectivity index (χ2v) is 7.62. The van der Waals surface area contributed by atoms with E-state index in [9.17, 15) is 4.79 Å². The summed E-state index contributed by atoms with van der Waals surface area (Å²) in [6.45, 7) is 2.35. The Hall–Kier alpha value is -2.89. The van der Waals surface area contributed by atoms with Gasteiger partial charge in [-0.3, -0.25) is 4.79 Å². The van der Waals surface area contributed by atoms with Crippen LogP contribution in [-0.2, 0) is 16.1 Å². The summed E-state index contributed by atoms with van der Waals surface area (Å²) in [6.07, 6.45) is 7.81. The number of piperidine rings is 1. The van der Waals surface area contributed by atoms with E-state index in [2.05, 4.69) is 28.1 Å². The molecular formula is C21H22N4O2. The third-order valence-electron chi connectivity index (χ3n) is 5.93. The summed E-state index contributed by atoms with van der Waals surface area (Å²) in [4.78, 5) is 23.8. The van der Waals surface area contributed by atoms with Gasteiger partial charge in [0, 0.05) is 37.3 Å². The number of para-hydroxylation sites is 1. The van der Waals surface area contributed by atoms with Gasteiger partial charge >= 0.3 is 5.97 Å². The summed E-state index contributed by atoms with van der Waals surface area (Å²) in [5.74, 6) is 0.962. The second kappa shape index (κ2) is 6.37. The number of hydrogen-bond donors (Lipinski definition) is 0. The first kappa shape index (κ1) is 16.3. The molecule has 138 valence electrons. The van der Waals surface area contributed by atoms with Crippen LogP contribution in [0.1, 0.15) is 19.3 Å². The number of aromatic nitrogens is 3. The van der Waals surface area contributed by atoms with Gasteiger partial charge in [0.25, 0.3) is 0 Å². The molecule has 2 saturated heterocycles. The molecule has 1 spiro atoms. The monoisotopic (exact) mass is 362 g/mol. The lowest BCUT2D eigenvalue weighted by atomic mass is 9.76. The Morgan fingerprint density at radius 2 is 2.00 bits per heavy atom. The van der Waals surface area contributed by atoms with E-state index in [-0.39, 0.29) is 17.5 Å². The Bertz CT molecular complexity index is 961. The maximum Gasteiger partial charge on any atom is 0.312 e. The van der Waals surface area contributed by atoms with E-state index in [0.717, 1.165) is 49.1 Å². The first-order valence-electron chi connectivity index (χ1n) is 9.49. The van der Waals surface area contributed by atoms with Gasteiger partial charge in [0.1, 0.15) is 11.9 Å². The quantitative estimate of drug-likeness (QED) is 0.670. The van der Waals surface area contributed by atoms with Crippen molar-refractivity contribution in [2.75, 3.05) is 18.0 Å². The largest absolute Gasteiger partial charge is 0.460 e. The highest BCUT2D eigenvalue weighted by Crippen LogP contribution is 2.44. The van der Waals surface area contributed by atoms with E-state index in [1.165, 1.54) is 0 Å². The van der Waals surface area contributed by atoms with Gasteiger partial charge in [0.05, 0.1) is 23.8 Å². The molecule has 6 nitrogen and oxygen atoms in total. The van der Waals surface area contributed by atoms with E-state index in [4.69, 9.17) is 9.72 Å². The van der Waals surface area contributed by atoms with Gasteiger partial charge < -0.3 is 14.2 Å². The molecule has 2 aromatic heterocycles. The Labute approximate surface area is 157 Å². The number of rotatable bonds is 3. The number of anilines is 1. The Kier molecular flexibility index (Phi) is 3.85. The predicted molar refractivity (Wildman–Crippen MR) is 102 cm³/mol. The summed E-state index contributed by atoms with van der Waals surface area (Å²) < 4.78 is 7.68. The van der Waals surface area contributed by atoms with Crippen molar-refractivity contribution in [3.05, 3.63) is 55.1 Å². The number of carbonyl (C=O) groups is 1. The second-order valence-electron chi connectivity index (χ2n) is 7.62. The molecule has 3 aromatic rings. The van der Waals surface area contributed by atoms with E-state index in [1.807, 2.05) is 29.0 Å². The molecule has 2 aliphatic heterocycles. The summed E-state index contributed by atoms with van der Waals surface area (Å²) in [6, 6.07) is 12.4. The van der Waals surface area contributed by atoms with Crippen LogP contribution in [0.2, 0.25) is 0 Å². The molecule has 0 bridgehead atoms. The number of esters is 1. The third-order valence-corrected chi connectivity index (χ3v) is 5.93. The topological polar surface area (TPSA) is 60.3 Å². The summed E-state index contributed by atoms with van der Waals surface area (Å²) in [5, 5.41) is 1.15. The molecule has 0 saturated carbocycles. The molecule has 1 unspecified atom stereocenters. The average molecular weight is 362 g/mol. The molecule has 0 amide bonds. The summed E-state index contributed by atoms with van der Waals surface area (Å²) >= 11 is 0. The van der Waals surface area contributed by atoms with Crippen LogP contribution in [-0.4, -0.2) is 39.7 Å². The summed E-state index contributed by atoms with van der Waals surface area (Å²) in [7, 11) is 0. The van der Waals surface area contributed by atoms with Crippen molar-refractivity contribution in [1.29, 1.82) is 0 Å². The van der Waals surface area contributed by atoms with Crippen LogP contribution in [0, 0.1) is 5.41 Å². The van der Waals surface area contributed by atoms with Crippen LogP contribution >= 0.6 is 0 Å². The van der Waals surface area contributed by atoms with Crippen molar-refractivity contribution in [2.45, 2.75) is 31.9 Å². The Morgan fingerprint density at radius 3 is 2.81 bits per heavy atom. The normalized spacial score (nSPS) is 21.7. The fourth-order valence-electron chi connectivity index (χ4n) is 4.37. The van der Waals surface area contributed by atoms with Crippen molar-refractivity contribution in [1.82, 2.24) is 14.5 Å². The minimum Gasteiger partial charge on any atom is -0.460 e. The van der Waals surface area contributed by atoms with Gasteiger partial charge in [-0.1, -0.05) is 18.2 Å². The van der Waals surface area contributed by atoms with E-state index in [1.54, 1.807) is 12.5 Å². The molecule has 1 aromatic carbocycles. The van der Waals surface area contributed by atoms with E-state index in [0.29, 0.717) is 6.54 Å². The molecule has 0 N–H and O–H groups in total. The van der Waals surface area contributed by atoms with Crippen LogP contribution in [0.15, 0.2) is 55.1 Å². The number of cyclic esters (lactones) is 1. The third kappa shape index (κ3) is 2.95. The van der Waals surface area contributed by atoms with Gasteiger partial charge in [0.2, 0.25) is 0 Å². The molecule has 2 fully saturated rings. The smallest absolute Gasteiger partial charge is 0.312 e. The fourth-order valence-corrected chi connectivity index (χ4v) is 4.37. The van der Waals surface area contributed by atoms with Gasteiger partial charge in [-0.2, -0.15) is 0 Å². The SMILES string of the molecule is O=C1OC(Cn2ccnc2)CC12CCN(c1ccc3ccccc3n1)CC2. The average Bonchev–Trinajstić information content (AvgIpc) is 3.31. The summed E-state index contributed by atoms with van der Waals surface area (Å²) in [5.41, 5.74) is 0.675. The lowest BCUT2D eigenvalue weighted by Crippen LogP contribution is -2.42. The predicted octanol–water partition coefficient (Wildman–Crippen LogP) is 3.03. The van der Waals surface area contributed by atoms with Gasteiger partial charge in [-0.05, 0) is 31.0 Å². The number of hydrogen-bond acceptors (Lipinski definition) is 5. The molecule has 0 radical (unpaired) electrons.